The maximum atomic E-state index is 2.39. The molecule has 3 aromatic rings. The average Bonchev–Trinajstić information content (AvgIpc) is 2.75. The molecule has 0 amide bonds. The Kier molecular flexibility index (Phi) is 11.8. The van der Waals surface area contributed by atoms with Crippen LogP contribution in [0.25, 0.3) is 0 Å². The quantitative estimate of drug-likeness (QED) is 0.349. The molecule has 2 atom stereocenters. The minimum Gasteiger partial charge on any atom is -1.00 e. The van der Waals surface area contributed by atoms with Gasteiger partial charge in [-0.25, -0.2) is 0 Å². The number of nitrogens with zero attached hydrogens (tertiary/aromatic N) is 2. The van der Waals surface area contributed by atoms with Gasteiger partial charge in [0.15, 0.2) is 36.9 Å². The molecule has 1 aromatic carbocycles. The molecule has 0 aliphatic heterocycles. The van der Waals surface area contributed by atoms with Gasteiger partial charge in [0.1, 0.15) is 0 Å². The molecule has 0 aliphatic rings. The molecule has 0 N–H and O–H groups in total. The van der Waals surface area contributed by atoms with E-state index >= 15 is 0 Å². The molecule has 0 fully saturated rings. The summed E-state index contributed by atoms with van der Waals surface area (Å²) in [6, 6.07) is 14.7. The Balaban J connectivity index is 0.00000256. The van der Waals surface area contributed by atoms with Gasteiger partial charge in [-0.3, -0.25) is 0 Å². The summed E-state index contributed by atoms with van der Waals surface area (Å²) < 4.78 is 4.78. The highest BCUT2D eigenvalue weighted by Crippen LogP contribution is 2.24. The van der Waals surface area contributed by atoms with Crippen LogP contribution in [0.15, 0.2) is 61.2 Å². The zero-order valence-corrected chi connectivity index (χ0v) is 23.6. The fraction of sp³-hybridized carbons (Fsp3) is 0.429. The van der Waals surface area contributed by atoms with Crippen LogP contribution in [0, 0.1) is 27.7 Å². The fourth-order valence-corrected chi connectivity index (χ4v) is 4.25. The number of pyridine rings is 2. The summed E-state index contributed by atoms with van der Waals surface area (Å²) in [6.07, 6.45) is 13.7. The SMILES string of the molecule is CCCC(c1ccc(C(CCC)[n+]2ccc(C)c(C)c2)cc1)[n+]1ccc(C)c(C)c1.[Br-].[Br-]. The highest BCUT2D eigenvalue weighted by Gasteiger charge is 2.24. The van der Waals surface area contributed by atoms with E-state index < -0.39 is 0 Å². The highest BCUT2D eigenvalue weighted by molar-refractivity contribution is 5.26. The van der Waals surface area contributed by atoms with Crippen molar-refractivity contribution in [3.05, 3.63) is 94.6 Å². The van der Waals surface area contributed by atoms with E-state index in [1.807, 2.05) is 0 Å². The third kappa shape index (κ3) is 6.74. The number of aryl methyl sites for hydroxylation is 4. The smallest absolute Gasteiger partial charge is 0.183 e. The van der Waals surface area contributed by atoms with Crippen molar-refractivity contribution >= 4 is 0 Å². The van der Waals surface area contributed by atoms with E-state index in [4.69, 9.17) is 0 Å². The summed E-state index contributed by atoms with van der Waals surface area (Å²) in [5, 5.41) is 0. The summed E-state index contributed by atoms with van der Waals surface area (Å²) in [5.41, 5.74) is 8.20. The second-order valence-corrected chi connectivity index (χ2v) is 8.79. The molecule has 0 bridgehead atoms. The molecule has 2 unspecified atom stereocenters. The van der Waals surface area contributed by atoms with Crippen LogP contribution in [0.1, 0.15) is 85.0 Å². The predicted molar refractivity (Wildman–Crippen MR) is 125 cm³/mol. The summed E-state index contributed by atoms with van der Waals surface area (Å²) in [7, 11) is 0. The Bertz CT molecular complexity index is 903. The molecule has 0 aliphatic carbocycles. The van der Waals surface area contributed by atoms with E-state index in [0.717, 1.165) is 12.8 Å². The van der Waals surface area contributed by atoms with Crippen LogP contribution in [-0.4, -0.2) is 0 Å². The third-order valence-corrected chi connectivity index (χ3v) is 6.47. The second kappa shape index (κ2) is 13.3. The van der Waals surface area contributed by atoms with Crippen molar-refractivity contribution in [2.75, 3.05) is 0 Å². The normalized spacial score (nSPS) is 12.4. The molecule has 0 radical (unpaired) electrons. The molecule has 2 heterocycles. The number of halogens is 2. The maximum absolute atomic E-state index is 2.39. The molecule has 2 nitrogen and oxygen atoms in total. The van der Waals surface area contributed by atoms with Crippen molar-refractivity contribution < 1.29 is 43.1 Å². The van der Waals surface area contributed by atoms with Crippen LogP contribution < -0.4 is 43.1 Å². The van der Waals surface area contributed by atoms with Crippen LogP contribution in [-0.2, 0) is 0 Å². The van der Waals surface area contributed by atoms with Gasteiger partial charge in [0.05, 0.1) is 0 Å². The molecule has 32 heavy (non-hydrogen) atoms. The lowest BCUT2D eigenvalue weighted by Crippen LogP contribution is -3.00. The van der Waals surface area contributed by atoms with Crippen LogP contribution in [0.5, 0.6) is 0 Å². The summed E-state index contributed by atoms with van der Waals surface area (Å²) in [5.74, 6) is 0. The van der Waals surface area contributed by atoms with E-state index in [2.05, 4.69) is 112 Å². The molecular formula is C28H38Br2N2. The molecule has 2 aromatic heterocycles. The lowest BCUT2D eigenvalue weighted by Gasteiger charge is -2.16. The second-order valence-electron chi connectivity index (χ2n) is 8.79. The minimum absolute atomic E-state index is 0. The van der Waals surface area contributed by atoms with Crippen molar-refractivity contribution in [2.24, 2.45) is 0 Å². The molecule has 4 heteroatoms. The van der Waals surface area contributed by atoms with E-state index in [-0.39, 0.29) is 34.0 Å². The van der Waals surface area contributed by atoms with E-state index in [1.54, 1.807) is 0 Å². The molecule has 174 valence electrons. The number of hydrogen-bond acceptors (Lipinski definition) is 0. The summed E-state index contributed by atoms with van der Waals surface area (Å²) in [4.78, 5) is 0. The van der Waals surface area contributed by atoms with Gasteiger partial charge in [-0.15, -0.1) is 0 Å². The summed E-state index contributed by atoms with van der Waals surface area (Å²) in [6.45, 7) is 13.3. The van der Waals surface area contributed by atoms with Gasteiger partial charge in [0, 0.05) is 47.2 Å². The van der Waals surface area contributed by atoms with Crippen LogP contribution in [0.2, 0.25) is 0 Å². The zero-order chi connectivity index (χ0) is 21.7. The minimum atomic E-state index is 0. The Labute approximate surface area is 216 Å². The van der Waals surface area contributed by atoms with Gasteiger partial charge in [0.25, 0.3) is 0 Å². The van der Waals surface area contributed by atoms with Crippen LogP contribution >= 0.6 is 0 Å². The Morgan fingerprint density at radius 1 is 0.562 bits per heavy atom. The first-order valence-electron chi connectivity index (χ1n) is 11.5. The Hall–Kier alpha value is -1.52. The lowest BCUT2D eigenvalue weighted by atomic mass is 9.96. The Morgan fingerprint density at radius 2 is 0.906 bits per heavy atom. The monoisotopic (exact) mass is 560 g/mol. The number of benzene rings is 1. The first-order valence-corrected chi connectivity index (χ1v) is 11.5. The number of rotatable bonds is 8. The van der Waals surface area contributed by atoms with Gasteiger partial charge in [-0.2, -0.15) is 9.13 Å². The lowest BCUT2D eigenvalue weighted by molar-refractivity contribution is -0.715. The standard InChI is InChI=1S/C28H38N2.2BrH/c1-7-9-27(29-17-15-21(3)23(5)19-29)25-11-13-26(14-12-25)28(10-8-2)30-18-16-22(4)24(6)20-30;;/h11-20,27-28H,7-10H2,1-6H3;2*1H/q+2;;/p-2. The number of aromatic nitrogens is 2. The topological polar surface area (TPSA) is 7.76 Å². The first-order chi connectivity index (χ1) is 14.4. The zero-order valence-electron chi connectivity index (χ0n) is 20.4. The van der Waals surface area contributed by atoms with Crippen molar-refractivity contribution in [1.82, 2.24) is 0 Å². The molecular weight excluding hydrogens is 524 g/mol. The number of hydrogen-bond donors (Lipinski definition) is 0. The molecule has 0 saturated carbocycles. The fourth-order valence-electron chi connectivity index (χ4n) is 4.25. The van der Waals surface area contributed by atoms with Gasteiger partial charge >= 0.3 is 0 Å². The third-order valence-electron chi connectivity index (χ3n) is 6.47. The van der Waals surface area contributed by atoms with Crippen LogP contribution in [0.3, 0.4) is 0 Å². The van der Waals surface area contributed by atoms with Crippen molar-refractivity contribution in [2.45, 2.75) is 79.3 Å². The van der Waals surface area contributed by atoms with E-state index in [0.29, 0.717) is 12.1 Å². The van der Waals surface area contributed by atoms with Gasteiger partial charge in [-0.1, -0.05) is 38.1 Å². The van der Waals surface area contributed by atoms with Crippen molar-refractivity contribution in [3.63, 3.8) is 0 Å². The average molecular weight is 562 g/mol. The maximum Gasteiger partial charge on any atom is 0.183 e. The van der Waals surface area contributed by atoms with Gasteiger partial charge in [0.2, 0.25) is 0 Å². The van der Waals surface area contributed by atoms with Gasteiger partial charge < -0.3 is 34.0 Å². The van der Waals surface area contributed by atoms with Crippen molar-refractivity contribution in [3.8, 4) is 0 Å². The molecule has 3 rings (SSSR count). The predicted octanol–water partition coefficient (Wildman–Crippen LogP) is 0.282. The van der Waals surface area contributed by atoms with E-state index in [1.165, 1.54) is 46.2 Å². The first kappa shape index (κ1) is 28.5. The van der Waals surface area contributed by atoms with Crippen LogP contribution in [0.4, 0.5) is 0 Å². The van der Waals surface area contributed by atoms with Crippen molar-refractivity contribution in [1.29, 1.82) is 0 Å². The van der Waals surface area contributed by atoms with Gasteiger partial charge in [-0.05, 0) is 51.7 Å². The molecule has 0 spiro atoms. The molecule has 0 saturated heterocycles. The Morgan fingerprint density at radius 3 is 1.19 bits per heavy atom. The highest BCUT2D eigenvalue weighted by atomic mass is 79.9. The van der Waals surface area contributed by atoms with E-state index in [9.17, 15) is 0 Å². The largest absolute Gasteiger partial charge is 1.00 e. The summed E-state index contributed by atoms with van der Waals surface area (Å²) >= 11 is 0.